The molecule has 1 rings (SSSR count). The Kier molecular flexibility index (Phi) is 4.70. The van der Waals surface area contributed by atoms with Crippen molar-refractivity contribution in [3.05, 3.63) is 6.07 Å². The molecule has 0 aliphatic heterocycles. The predicted molar refractivity (Wildman–Crippen MR) is 72.4 cm³/mol. The highest BCUT2D eigenvalue weighted by Crippen LogP contribution is 2.13. The maximum atomic E-state index is 11.7. The van der Waals surface area contributed by atoms with E-state index in [1.807, 2.05) is 6.92 Å². The number of anilines is 3. The minimum atomic E-state index is -0.372. The molecular formula is C11H20N6O. The molecule has 7 nitrogen and oxygen atoms in total. The highest BCUT2D eigenvalue weighted by Gasteiger charge is 2.15. The minimum Gasteiger partial charge on any atom is -0.370 e. The van der Waals surface area contributed by atoms with E-state index in [0.29, 0.717) is 11.6 Å². The molecule has 0 aliphatic rings. The molecule has 1 aromatic heterocycles. The Morgan fingerprint density at radius 3 is 2.61 bits per heavy atom. The molecule has 0 fully saturated rings. The van der Waals surface area contributed by atoms with Crippen molar-refractivity contribution in [3.63, 3.8) is 0 Å². The number of carbonyl (C=O) groups excluding carboxylic acids is 1. The first-order valence-electron chi connectivity index (χ1n) is 5.80. The van der Waals surface area contributed by atoms with Gasteiger partial charge in [-0.25, -0.2) is 0 Å². The van der Waals surface area contributed by atoms with Gasteiger partial charge in [-0.05, 0) is 13.8 Å². The average molecular weight is 252 g/mol. The first-order chi connectivity index (χ1) is 8.43. The highest BCUT2D eigenvalue weighted by atomic mass is 16.2. The summed E-state index contributed by atoms with van der Waals surface area (Å²) in [6, 6.07) is 1.35. The van der Waals surface area contributed by atoms with E-state index in [1.165, 1.54) is 4.90 Å². The van der Waals surface area contributed by atoms with Gasteiger partial charge in [-0.2, -0.15) is 9.97 Å². The van der Waals surface area contributed by atoms with Gasteiger partial charge >= 0.3 is 0 Å². The van der Waals surface area contributed by atoms with Crippen molar-refractivity contribution >= 4 is 23.5 Å². The highest BCUT2D eigenvalue weighted by molar-refractivity contribution is 5.83. The normalized spacial score (nSPS) is 11.8. The molecular weight excluding hydrogens is 232 g/mol. The van der Waals surface area contributed by atoms with Crippen LogP contribution in [0.5, 0.6) is 0 Å². The Labute approximate surface area is 107 Å². The zero-order valence-electron chi connectivity index (χ0n) is 11.2. The predicted octanol–water partition coefficient (Wildman–Crippen LogP) is 0.379. The van der Waals surface area contributed by atoms with Gasteiger partial charge in [0.25, 0.3) is 0 Å². The number of nitrogens with one attached hydrogen (secondary N) is 2. The Balaban J connectivity index is 2.80. The zero-order chi connectivity index (χ0) is 13.7. The number of likely N-dealkylation sites (N-methyl/N-ethyl adjacent to an activating group) is 1. The molecule has 1 aromatic rings. The van der Waals surface area contributed by atoms with Crippen LogP contribution in [0.1, 0.15) is 13.8 Å². The molecule has 0 spiro atoms. The molecule has 0 saturated carbocycles. The van der Waals surface area contributed by atoms with Crippen molar-refractivity contribution in [2.24, 2.45) is 0 Å². The van der Waals surface area contributed by atoms with Crippen molar-refractivity contribution in [1.29, 1.82) is 0 Å². The Bertz CT molecular complexity index is 420. The molecule has 1 atom stereocenters. The van der Waals surface area contributed by atoms with Gasteiger partial charge in [0.1, 0.15) is 17.7 Å². The quantitative estimate of drug-likeness (QED) is 0.701. The van der Waals surface area contributed by atoms with Gasteiger partial charge in [0.15, 0.2) is 0 Å². The average Bonchev–Trinajstić information content (AvgIpc) is 2.27. The maximum absolute atomic E-state index is 11.7. The SMILES string of the molecule is CCNc1cc(NC(C)C(=O)N(C)C)nc(N)n1. The van der Waals surface area contributed by atoms with Crippen LogP contribution in [0.25, 0.3) is 0 Å². The summed E-state index contributed by atoms with van der Waals surface area (Å²) in [7, 11) is 3.41. The third-order valence-corrected chi connectivity index (χ3v) is 2.28. The van der Waals surface area contributed by atoms with Gasteiger partial charge < -0.3 is 21.3 Å². The van der Waals surface area contributed by atoms with E-state index in [9.17, 15) is 4.79 Å². The third-order valence-electron chi connectivity index (χ3n) is 2.28. The summed E-state index contributed by atoms with van der Waals surface area (Å²) < 4.78 is 0. The second kappa shape index (κ2) is 6.04. The van der Waals surface area contributed by atoms with E-state index in [-0.39, 0.29) is 17.9 Å². The van der Waals surface area contributed by atoms with Crippen LogP contribution < -0.4 is 16.4 Å². The van der Waals surface area contributed by atoms with Crippen LogP contribution in [0, 0.1) is 0 Å². The molecule has 4 N–H and O–H groups in total. The van der Waals surface area contributed by atoms with Gasteiger partial charge in [0.2, 0.25) is 11.9 Å². The van der Waals surface area contributed by atoms with Crippen LogP contribution in [0.2, 0.25) is 0 Å². The minimum absolute atomic E-state index is 0.0304. The van der Waals surface area contributed by atoms with E-state index >= 15 is 0 Å². The zero-order valence-corrected chi connectivity index (χ0v) is 11.2. The fourth-order valence-electron chi connectivity index (χ4n) is 1.48. The summed E-state index contributed by atoms with van der Waals surface area (Å²) in [4.78, 5) is 21.3. The molecule has 0 radical (unpaired) electrons. The topological polar surface area (TPSA) is 96.2 Å². The molecule has 0 bridgehead atoms. The van der Waals surface area contributed by atoms with Crippen LogP contribution in [0.15, 0.2) is 6.07 Å². The number of hydrogen-bond acceptors (Lipinski definition) is 6. The van der Waals surface area contributed by atoms with Gasteiger partial charge in [0.05, 0.1) is 0 Å². The van der Waals surface area contributed by atoms with E-state index < -0.39 is 0 Å². The number of nitrogens with zero attached hydrogens (tertiary/aromatic N) is 3. The Morgan fingerprint density at radius 1 is 1.44 bits per heavy atom. The molecule has 100 valence electrons. The number of nitrogen functional groups attached to an aromatic ring is 1. The number of carbonyl (C=O) groups is 1. The first-order valence-corrected chi connectivity index (χ1v) is 5.80. The second-order valence-corrected chi connectivity index (χ2v) is 4.13. The summed E-state index contributed by atoms with van der Waals surface area (Å²) in [6.45, 7) is 4.47. The number of rotatable bonds is 5. The summed E-state index contributed by atoms with van der Waals surface area (Å²) in [6.07, 6.45) is 0. The second-order valence-electron chi connectivity index (χ2n) is 4.13. The lowest BCUT2D eigenvalue weighted by Crippen LogP contribution is -2.36. The molecule has 0 aromatic carbocycles. The lowest BCUT2D eigenvalue weighted by Gasteiger charge is -2.18. The summed E-state index contributed by atoms with van der Waals surface area (Å²) in [5, 5.41) is 6.05. The molecule has 1 heterocycles. The van der Waals surface area contributed by atoms with Gasteiger partial charge in [-0.15, -0.1) is 0 Å². The van der Waals surface area contributed by atoms with Crippen LogP contribution in [0.4, 0.5) is 17.6 Å². The van der Waals surface area contributed by atoms with Crippen molar-refractivity contribution < 1.29 is 4.79 Å². The smallest absolute Gasteiger partial charge is 0.244 e. The lowest BCUT2D eigenvalue weighted by atomic mass is 10.3. The van der Waals surface area contributed by atoms with Crippen LogP contribution in [-0.4, -0.2) is 47.5 Å². The number of aromatic nitrogens is 2. The Morgan fingerprint density at radius 2 is 2.06 bits per heavy atom. The summed E-state index contributed by atoms with van der Waals surface area (Å²) in [5.41, 5.74) is 5.60. The molecule has 7 heteroatoms. The van der Waals surface area contributed by atoms with E-state index in [0.717, 1.165) is 6.54 Å². The van der Waals surface area contributed by atoms with Gasteiger partial charge in [-0.3, -0.25) is 4.79 Å². The maximum Gasteiger partial charge on any atom is 0.244 e. The summed E-state index contributed by atoms with van der Waals surface area (Å²) in [5.74, 6) is 1.30. The summed E-state index contributed by atoms with van der Waals surface area (Å²) >= 11 is 0. The third kappa shape index (κ3) is 3.76. The fraction of sp³-hybridized carbons (Fsp3) is 0.545. The van der Waals surface area contributed by atoms with Gasteiger partial charge in [-0.1, -0.05) is 0 Å². The van der Waals surface area contributed by atoms with Crippen molar-refractivity contribution in [3.8, 4) is 0 Å². The molecule has 0 aliphatic carbocycles. The molecule has 1 amide bonds. The standard InChI is InChI=1S/C11H20N6O/c1-5-13-8-6-9(16-11(12)15-8)14-7(2)10(18)17(3)4/h6-7H,5H2,1-4H3,(H4,12,13,14,15,16). The van der Waals surface area contributed by atoms with Crippen LogP contribution in [-0.2, 0) is 4.79 Å². The largest absolute Gasteiger partial charge is 0.370 e. The lowest BCUT2D eigenvalue weighted by molar-refractivity contribution is -0.129. The number of hydrogen-bond donors (Lipinski definition) is 3. The first kappa shape index (κ1) is 14.0. The monoisotopic (exact) mass is 252 g/mol. The van der Waals surface area contributed by atoms with Crippen LogP contribution in [0.3, 0.4) is 0 Å². The van der Waals surface area contributed by atoms with Crippen molar-refractivity contribution in [2.45, 2.75) is 19.9 Å². The molecule has 18 heavy (non-hydrogen) atoms. The van der Waals surface area contributed by atoms with E-state index in [2.05, 4.69) is 20.6 Å². The Hall–Kier alpha value is -2.05. The van der Waals surface area contributed by atoms with Crippen LogP contribution >= 0.6 is 0 Å². The fourth-order valence-corrected chi connectivity index (χ4v) is 1.48. The van der Waals surface area contributed by atoms with E-state index in [4.69, 9.17) is 5.73 Å². The van der Waals surface area contributed by atoms with Crippen molar-refractivity contribution in [1.82, 2.24) is 14.9 Å². The van der Waals surface area contributed by atoms with Crippen molar-refractivity contribution in [2.75, 3.05) is 37.0 Å². The van der Waals surface area contributed by atoms with E-state index in [1.54, 1.807) is 27.1 Å². The number of nitrogens with two attached hydrogens (primary N) is 1. The number of amides is 1. The molecule has 1 unspecified atom stereocenters. The van der Waals surface area contributed by atoms with Gasteiger partial charge in [0, 0.05) is 26.7 Å². The molecule has 0 saturated heterocycles.